The van der Waals surface area contributed by atoms with E-state index in [1.807, 2.05) is 37.3 Å². The molecule has 0 spiro atoms. The summed E-state index contributed by atoms with van der Waals surface area (Å²) in [6.45, 7) is 6.32. The van der Waals surface area contributed by atoms with Crippen LogP contribution in [-0.2, 0) is 6.42 Å². The van der Waals surface area contributed by atoms with Crippen LogP contribution in [0.2, 0.25) is 5.02 Å². The molecule has 1 amide bonds. The van der Waals surface area contributed by atoms with E-state index in [-0.39, 0.29) is 5.91 Å². The summed E-state index contributed by atoms with van der Waals surface area (Å²) in [6, 6.07) is 18.4. The van der Waals surface area contributed by atoms with Gasteiger partial charge in [-0.1, -0.05) is 29.8 Å². The van der Waals surface area contributed by atoms with Gasteiger partial charge < -0.3 is 21.3 Å². The minimum absolute atomic E-state index is 0.157. The van der Waals surface area contributed by atoms with E-state index in [9.17, 15) is 4.79 Å². The van der Waals surface area contributed by atoms with Gasteiger partial charge in [-0.15, -0.1) is 11.3 Å². The number of anilines is 2. The molecule has 1 fully saturated rings. The lowest BCUT2D eigenvalue weighted by molar-refractivity contribution is 0.0959. The summed E-state index contributed by atoms with van der Waals surface area (Å²) in [6.07, 6.45) is 0.712. The molecule has 0 aliphatic carbocycles. The molecule has 1 aliphatic heterocycles. The van der Waals surface area contributed by atoms with Crippen LogP contribution in [0.25, 0.3) is 21.3 Å². The number of nitrogens with one attached hydrogen (secondary N) is 2. The molecule has 3 heterocycles. The van der Waals surface area contributed by atoms with Crippen LogP contribution in [0, 0.1) is 6.92 Å². The van der Waals surface area contributed by atoms with Crippen LogP contribution in [0.5, 0.6) is 0 Å². The Morgan fingerprint density at radius 1 is 1.17 bits per heavy atom. The van der Waals surface area contributed by atoms with Crippen molar-refractivity contribution in [3.05, 3.63) is 75.8 Å². The van der Waals surface area contributed by atoms with Crippen molar-refractivity contribution in [2.75, 3.05) is 43.4 Å². The topological polar surface area (TPSA) is 83.3 Å². The Morgan fingerprint density at radius 2 is 2.00 bits per heavy atom. The van der Waals surface area contributed by atoms with Crippen LogP contribution in [0.15, 0.2) is 54.6 Å². The van der Waals surface area contributed by atoms with Gasteiger partial charge in [0.2, 0.25) is 0 Å². The Bertz CT molecular complexity index is 1380. The minimum atomic E-state index is -0.157. The quantitative estimate of drug-likeness (QED) is 0.347. The smallest absolute Gasteiger partial charge is 0.263 e. The van der Waals surface area contributed by atoms with Crippen LogP contribution in [0.3, 0.4) is 0 Å². The monoisotopic (exact) mass is 505 g/mol. The van der Waals surface area contributed by atoms with Gasteiger partial charge in [0, 0.05) is 60.1 Å². The molecule has 2 aromatic heterocycles. The molecule has 1 aliphatic rings. The number of nitrogens with zero attached hydrogens (tertiary/aromatic N) is 2. The molecule has 35 heavy (non-hydrogen) atoms. The van der Waals surface area contributed by atoms with E-state index in [0.29, 0.717) is 23.5 Å². The number of fused-ring (bicyclic) bond motifs is 1. The van der Waals surface area contributed by atoms with Crippen molar-refractivity contribution in [1.29, 1.82) is 0 Å². The summed E-state index contributed by atoms with van der Waals surface area (Å²) in [7, 11) is 0. The zero-order chi connectivity index (χ0) is 24.4. The summed E-state index contributed by atoms with van der Waals surface area (Å²) < 4.78 is 0. The Balaban J connectivity index is 1.33. The van der Waals surface area contributed by atoms with Crippen molar-refractivity contribution in [2.45, 2.75) is 13.3 Å². The lowest BCUT2D eigenvalue weighted by atomic mass is 9.98. The third kappa shape index (κ3) is 5.12. The number of rotatable bonds is 6. The number of halogens is 1. The van der Waals surface area contributed by atoms with E-state index in [0.717, 1.165) is 63.8 Å². The number of pyridine rings is 1. The number of nitrogens with two attached hydrogens (primary N) is 1. The summed E-state index contributed by atoms with van der Waals surface area (Å²) in [4.78, 5) is 21.1. The fourth-order valence-electron chi connectivity index (χ4n) is 4.47. The second-order valence-corrected chi connectivity index (χ2v) is 10.2. The van der Waals surface area contributed by atoms with Gasteiger partial charge in [0.15, 0.2) is 0 Å². The van der Waals surface area contributed by atoms with E-state index in [1.54, 1.807) is 0 Å². The van der Waals surface area contributed by atoms with E-state index < -0.39 is 0 Å². The van der Waals surface area contributed by atoms with Gasteiger partial charge in [-0.25, -0.2) is 4.98 Å². The zero-order valence-electron chi connectivity index (χ0n) is 19.6. The first-order valence-corrected chi connectivity index (χ1v) is 13.0. The molecule has 2 aromatic carbocycles. The van der Waals surface area contributed by atoms with Crippen LogP contribution in [0.4, 0.5) is 11.4 Å². The maximum Gasteiger partial charge on any atom is 0.263 e. The molecule has 5 rings (SSSR count). The summed E-state index contributed by atoms with van der Waals surface area (Å²) in [5.74, 6) is -0.157. The van der Waals surface area contributed by atoms with Crippen molar-refractivity contribution >= 4 is 50.4 Å². The first-order valence-electron chi connectivity index (χ1n) is 11.8. The second kappa shape index (κ2) is 10.2. The molecular formula is C27H28ClN5OS. The molecule has 6 nitrogen and oxygen atoms in total. The van der Waals surface area contributed by atoms with Gasteiger partial charge >= 0.3 is 0 Å². The van der Waals surface area contributed by atoms with Crippen molar-refractivity contribution in [3.8, 4) is 11.1 Å². The number of benzene rings is 2. The first-order chi connectivity index (χ1) is 17.0. The van der Waals surface area contributed by atoms with Crippen molar-refractivity contribution in [1.82, 2.24) is 15.6 Å². The standard InChI is InChI=1S/C27H28ClN5OS/c1-17-5-7-21-24(29)25(35-27(21)32-17)26(34)31-10-9-18-6-8-23(33-13-11-30-12-14-33)22(15-18)19-3-2-4-20(28)16-19/h2-8,15-16,30H,9-14,29H2,1H3,(H,31,34). The summed E-state index contributed by atoms with van der Waals surface area (Å²) in [5.41, 5.74) is 12.3. The summed E-state index contributed by atoms with van der Waals surface area (Å²) in [5, 5.41) is 8.00. The SMILES string of the molecule is Cc1ccc2c(N)c(C(=O)NCCc3ccc(N4CCNCC4)c(-c4cccc(Cl)c4)c3)sc2n1. The van der Waals surface area contributed by atoms with E-state index in [4.69, 9.17) is 17.3 Å². The molecule has 4 N–H and O–H groups in total. The molecule has 4 aromatic rings. The number of thiophene rings is 1. The molecule has 8 heteroatoms. The number of hydrogen-bond donors (Lipinski definition) is 3. The second-order valence-electron chi connectivity index (χ2n) is 8.76. The highest BCUT2D eigenvalue weighted by Gasteiger charge is 2.18. The van der Waals surface area contributed by atoms with Gasteiger partial charge in [-0.3, -0.25) is 4.79 Å². The van der Waals surface area contributed by atoms with E-state index in [2.05, 4.69) is 44.8 Å². The van der Waals surface area contributed by atoms with E-state index in [1.165, 1.54) is 17.0 Å². The Labute approximate surface area is 214 Å². The Hall–Kier alpha value is -3.13. The third-order valence-corrected chi connectivity index (χ3v) is 7.64. The lowest BCUT2D eigenvalue weighted by Gasteiger charge is -2.31. The maximum atomic E-state index is 12.9. The van der Waals surface area contributed by atoms with Crippen LogP contribution < -0.4 is 21.3 Å². The number of aryl methyl sites for hydroxylation is 1. The van der Waals surface area contributed by atoms with Gasteiger partial charge in [0.1, 0.15) is 9.71 Å². The average molecular weight is 506 g/mol. The normalized spacial score (nSPS) is 13.8. The molecule has 180 valence electrons. The first kappa shape index (κ1) is 23.6. The Kier molecular flexibility index (Phi) is 6.90. The number of nitrogen functional groups attached to an aromatic ring is 1. The van der Waals surface area contributed by atoms with Gasteiger partial charge in [0.05, 0.1) is 5.69 Å². The fraction of sp³-hybridized carbons (Fsp3) is 0.259. The Morgan fingerprint density at radius 3 is 2.80 bits per heavy atom. The highest BCUT2D eigenvalue weighted by Crippen LogP contribution is 2.34. The van der Waals surface area contributed by atoms with E-state index >= 15 is 0 Å². The highest BCUT2D eigenvalue weighted by molar-refractivity contribution is 7.21. The lowest BCUT2D eigenvalue weighted by Crippen LogP contribution is -2.43. The molecule has 0 atom stereocenters. The molecule has 0 unspecified atom stereocenters. The summed E-state index contributed by atoms with van der Waals surface area (Å²) >= 11 is 7.66. The minimum Gasteiger partial charge on any atom is -0.397 e. The van der Waals surface area contributed by atoms with Crippen LogP contribution >= 0.6 is 22.9 Å². The third-order valence-electron chi connectivity index (χ3n) is 6.29. The highest BCUT2D eigenvalue weighted by atomic mass is 35.5. The number of piperazine rings is 1. The van der Waals surface area contributed by atoms with Crippen LogP contribution in [0.1, 0.15) is 20.9 Å². The zero-order valence-corrected chi connectivity index (χ0v) is 21.2. The molecule has 0 radical (unpaired) electrons. The van der Waals surface area contributed by atoms with Gasteiger partial charge in [-0.05, 0) is 60.9 Å². The molecular weight excluding hydrogens is 478 g/mol. The van der Waals surface area contributed by atoms with Crippen molar-refractivity contribution in [3.63, 3.8) is 0 Å². The van der Waals surface area contributed by atoms with Crippen LogP contribution in [-0.4, -0.2) is 43.6 Å². The fourth-order valence-corrected chi connectivity index (χ4v) is 5.71. The number of aromatic nitrogens is 1. The molecule has 0 bridgehead atoms. The maximum absolute atomic E-state index is 12.9. The van der Waals surface area contributed by atoms with Crippen molar-refractivity contribution in [2.24, 2.45) is 0 Å². The average Bonchev–Trinajstić information content (AvgIpc) is 3.20. The number of amides is 1. The predicted molar refractivity (Wildman–Crippen MR) is 147 cm³/mol. The predicted octanol–water partition coefficient (Wildman–Crippen LogP) is 4.89. The molecule has 0 saturated carbocycles. The number of carbonyl (C=O) groups excluding carboxylic acids is 1. The number of carbonyl (C=O) groups is 1. The van der Waals surface area contributed by atoms with Crippen molar-refractivity contribution < 1.29 is 4.79 Å². The number of hydrogen-bond acceptors (Lipinski definition) is 6. The molecule has 1 saturated heterocycles. The van der Waals surface area contributed by atoms with Gasteiger partial charge in [-0.2, -0.15) is 0 Å². The van der Waals surface area contributed by atoms with Gasteiger partial charge in [0.25, 0.3) is 5.91 Å². The largest absolute Gasteiger partial charge is 0.397 e.